The predicted octanol–water partition coefficient (Wildman–Crippen LogP) is 1.65. The molecule has 0 N–H and O–H groups in total. The molecule has 0 atom stereocenters. The molecule has 0 aliphatic rings. The zero-order valence-corrected chi connectivity index (χ0v) is 9.97. The van der Waals surface area contributed by atoms with Gasteiger partial charge in [0.05, 0.1) is 12.2 Å². The van der Waals surface area contributed by atoms with E-state index in [1.54, 1.807) is 27.9 Å². The van der Waals surface area contributed by atoms with Crippen molar-refractivity contribution in [2.24, 2.45) is 7.05 Å². The molecule has 0 aromatic carbocycles. The summed E-state index contributed by atoms with van der Waals surface area (Å²) in [6.07, 6.45) is 1.76. The van der Waals surface area contributed by atoms with Crippen LogP contribution in [0.2, 0.25) is 5.15 Å². The van der Waals surface area contributed by atoms with Crippen molar-refractivity contribution in [3.63, 3.8) is 0 Å². The molecule has 0 aliphatic heterocycles. The summed E-state index contributed by atoms with van der Waals surface area (Å²) in [7, 11) is 1.79. The Balaban J connectivity index is 2.40. The van der Waals surface area contributed by atoms with Crippen molar-refractivity contribution < 1.29 is 0 Å². The Morgan fingerprint density at radius 3 is 2.80 bits per heavy atom. The van der Waals surface area contributed by atoms with Crippen molar-refractivity contribution >= 4 is 22.9 Å². The third kappa shape index (κ3) is 1.85. The van der Waals surface area contributed by atoms with Crippen molar-refractivity contribution in [1.82, 2.24) is 14.3 Å². The van der Waals surface area contributed by atoms with Crippen molar-refractivity contribution in [1.29, 1.82) is 0 Å². The number of hydrogen-bond acceptors (Lipinski definition) is 3. The number of nitrogens with zero attached hydrogens (tertiary/aromatic N) is 3. The maximum atomic E-state index is 11.4. The molecule has 6 heteroatoms. The molecule has 2 rings (SSSR count). The van der Waals surface area contributed by atoms with Crippen LogP contribution in [0.25, 0.3) is 0 Å². The minimum Gasteiger partial charge on any atom is -0.301 e. The van der Waals surface area contributed by atoms with Gasteiger partial charge in [0.25, 0.3) is 0 Å². The molecule has 2 aromatic heterocycles. The molecule has 4 nitrogen and oxygen atoms in total. The fourth-order valence-electron chi connectivity index (χ4n) is 1.43. The highest BCUT2D eigenvalue weighted by molar-refractivity contribution is 7.07. The van der Waals surface area contributed by atoms with Crippen LogP contribution >= 0.6 is 22.9 Å². The SMILES string of the molecule is Cc1nn(C)c(Cl)c1Cn1ccsc1=O. The van der Waals surface area contributed by atoms with Crippen molar-refractivity contribution in [3.05, 3.63) is 37.7 Å². The maximum absolute atomic E-state index is 11.4. The van der Waals surface area contributed by atoms with Crippen LogP contribution in [0.3, 0.4) is 0 Å². The van der Waals surface area contributed by atoms with Crippen LogP contribution in [-0.4, -0.2) is 14.3 Å². The Kier molecular flexibility index (Phi) is 2.67. The Morgan fingerprint density at radius 1 is 1.60 bits per heavy atom. The van der Waals surface area contributed by atoms with E-state index in [2.05, 4.69) is 5.10 Å². The molecule has 2 aromatic rings. The average molecular weight is 244 g/mol. The van der Waals surface area contributed by atoms with Gasteiger partial charge in [-0.25, -0.2) is 0 Å². The molecule has 2 heterocycles. The van der Waals surface area contributed by atoms with E-state index < -0.39 is 0 Å². The van der Waals surface area contributed by atoms with E-state index in [-0.39, 0.29) is 4.87 Å². The zero-order valence-electron chi connectivity index (χ0n) is 8.40. The quantitative estimate of drug-likeness (QED) is 0.805. The minimum atomic E-state index is 0.0225. The first-order valence-electron chi connectivity index (χ1n) is 4.41. The van der Waals surface area contributed by atoms with Gasteiger partial charge in [-0.2, -0.15) is 5.10 Å². The highest BCUT2D eigenvalue weighted by atomic mass is 35.5. The average Bonchev–Trinajstić information content (AvgIpc) is 2.67. The molecule has 15 heavy (non-hydrogen) atoms. The lowest BCUT2D eigenvalue weighted by atomic mass is 10.2. The van der Waals surface area contributed by atoms with E-state index in [1.807, 2.05) is 6.92 Å². The fourth-order valence-corrected chi connectivity index (χ4v) is 2.25. The van der Waals surface area contributed by atoms with Crippen LogP contribution in [0, 0.1) is 6.92 Å². The molecular weight excluding hydrogens is 234 g/mol. The zero-order chi connectivity index (χ0) is 11.0. The van der Waals surface area contributed by atoms with E-state index in [1.165, 1.54) is 11.3 Å². The van der Waals surface area contributed by atoms with Gasteiger partial charge in [-0.15, -0.1) is 0 Å². The van der Waals surface area contributed by atoms with Gasteiger partial charge in [0.2, 0.25) is 0 Å². The minimum absolute atomic E-state index is 0.0225. The molecule has 0 aliphatic carbocycles. The van der Waals surface area contributed by atoms with Crippen molar-refractivity contribution in [3.8, 4) is 0 Å². The molecule has 0 bridgehead atoms. The lowest BCUT2D eigenvalue weighted by Crippen LogP contribution is -2.13. The fraction of sp³-hybridized carbons (Fsp3) is 0.333. The maximum Gasteiger partial charge on any atom is 0.307 e. The Hall–Kier alpha value is -1.07. The van der Waals surface area contributed by atoms with Crippen LogP contribution in [-0.2, 0) is 13.6 Å². The molecule has 0 unspecified atom stereocenters. The highest BCUT2D eigenvalue weighted by Crippen LogP contribution is 2.19. The van der Waals surface area contributed by atoms with Crippen molar-refractivity contribution in [2.45, 2.75) is 13.5 Å². The van der Waals surface area contributed by atoms with Crippen LogP contribution in [0.1, 0.15) is 11.3 Å². The van der Waals surface area contributed by atoms with E-state index in [0.717, 1.165) is 11.3 Å². The molecule has 0 radical (unpaired) electrons. The normalized spacial score (nSPS) is 10.9. The Morgan fingerprint density at radius 2 is 2.33 bits per heavy atom. The summed E-state index contributed by atoms with van der Waals surface area (Å²) in [5, 5.41) is 6.55. The molecule has 0 fully saturated rings. The molecule has 0 saturated carbocycles. The second kappa shape index (κ2) is 3.83. The van der Waals surface area contributed by atoms with Gasteiger partial charge in [0, 0.05) is 24.2 Å². The summed E-state index contributed by atoms with van der Waals surface area (Å²) in [5.74, 6) is 0. The van der Waals surface area contributed by atoms with E-state index in [9.17, 15) is 4.79 Å². The largest absolute Gasteiger partial charge is 0.307 e. The number of halogens is 1. The number of rotatable bonds is 2. The molecule has 0 spiro atoms. The van der Waals surface area contributed by atoms with Crippen LogP contribution in [0.4, 0.5) is 0 Å². The summed E-state index contributed by atoms with van der Waals surface area (Å²) >= 11 is 7.25. The van der Waals surface area contributed by atoms with Gasteiger partial charge >= 0.3 is 4.87 Å². The summed E-state index contributed by atoms with van der Waals surface area (Å²) in [5.41, 5.74) is 1.76. The topological polar surface area (TPSA) is 39.8 Å². The number of hydrogen-bond donors (Lipinski definition) is 0. The van der Waals surface area contributed by atoms with E-state index >= 15 is 0 Å². The Bertz CT molecular complexity index is 540. The van der Waals surface area contributed by atoms with Gasteiger partial charge in [-0.05, 0) is 6.92 Å². The van der Waals surface area contributed by atoms with Crippen LogP contribution in [0.5, 0.6) is 0 Å². The van der Waals surface area contributed by atoms with Crippen LogP contribution in [0.15, 0.2) is 16.4 Å². The Labute approximate surface area is 95.7 Å². The third-order valence-corrected chi connectivity index (χ3v) is 3.41. The lowest BCUT2D eigenvalue weighted by Gasteiger charge is -2.00. The lowest BCUT2D eigenvalue weighted by molar-refractivity contribution is 0.756. The number of thiazole rings is 1. The first-order valence-corrected chi connectivity index (χ1v) is 5.67. The van der Waals surface area contributed by atoms with E-state index in [0.29, 0.717) is 11.7 Å². The molecule has 0 saturated heterocycles. The van der Waals surface area contributed by atoms with Gasteiger partial charge in [-0.3, -0.25) is 9.48 Å². The summed E-state index contributed by atoms with van der Waals surface area (Å²) in [6, 6.07) is 0. The molecule has 0 amide bonds. The first-order chi connectivity index (χ1) is 7.09. The smallest absolute Gasteiger partial charge is 0.301 e. The second-order valence-corrected chi connectivity index (χ2v) is 4.49. The number of aromatic nitrogens is 3. The second-order valence-electron chi connectivity index (χ2n) is 3.28. The predicted molar refractivity (Wildman–Crippen MR) is 60.6 cm³/mol. The first kappa shape index (κ1) is 10.4. The van der Waals surface area contributed by atoms with Crippen LogP contribution < -0.4 is 4.87 Å². The summed E-state index contributed by atoms with van der Waals surface area (Å²) < 4.78 is 3.24. The van der Waals surface area contributed by atoms with Gasteiger partial charge in [0.15, 0.2) is 0 Å². The summed E-state index contributed by atoms with van der Waals surface area (Å²) in [6.45, 7) is 2.37. The molecule has 80 valence electrons. The summed E-state index contributed by atoms with van der Waals surface area (Å²) in [4.78, 5) is 11.4. The monoisotopic (exact) mass is 243 g/mol. The van der Waals surface area contributed by atoms with E-state index in [4.69, 9.17) is 11.6 Å². The van der Waals surface area contributed by atoms with Crippen molar-refractivity contribution in [2.75, 3.05) is 0 Å². The standard InChI is InChI=1S/C9H10ClN3OS/c1-6-7(8(10)12(2)11-6)5-13-3-4-15-9(13)14/h3-4H,5H2,1-2H3. The molecular formula is C9H10ClN3OS. The van der Waals surface area contributed by atoms with Gasteiger partial charge < -0.3 is 4.57 Å². The number of aryl methyl sites for hydroxylation is 2. The third-order valence-electron chi connectivity index (χ3n) is 2.24. The highest BCUT2D eigenvalue weighted by Gasteiger charge is 2.12. The van der Waals surface area contributed by atoms with Gasteiger partial charge in [0.1, 0.15) is 5.15 Å². The van der Waals surface area contributed by atoms with Gasteiger partial charge in [-0.1, -0.05) is 22.9 Å².